The summed E-state index contributed by atoms with van der Waals surface area (Å²) in [5, 5.41) is 3.15. The number of carbonyl (C=O) groups is 3. The van der Waals surface area contributed by atoms with Crippen LogP contribution in [0.2, 0.25) is 0 Å². The van der Waals surface area contributed by atoms with Gasteiger partial charge in [0, 0.05) is 12.1 Å². The Morgan fingerprint density at radius 1 is 1.13 bits per heavy atom. The van der Waals surface area contributed by atoms with Gasteiger partial charge in [-0.15, -0.1) is 0 Å². The summed E-state index contributed by atoms with van der Waals surface area (Å²) in [7, 11) is 1.72. The average Bonchev–Trinajstić information content (AvgIpc) is 3.08. The first-order valence-electron chi connectivity index (χ1n) is 9.63. The molecule has 2 aromatic rings. The second-order valence-electron chi connectivity index (χ2n) is 7.55. The highest BCUT2D eigenvalue weighted by Crippen LogP contribution is 2.38. The van der Waals surface area contributed by atoms with Gasteiger partial charge in [0.25, 0.3) is 5.56 Å². The summed E-state index contributed by atoms with van der Waals surface area (Å²) in [5.41, 5.74) is 0.943. The molecule has 1 fully saturated rings. The summed E-state index contributed by atoms with van der Waals surface area (Å²) in [6, 6.07) is 9.04. The predicted octanol–water partition coefficient (Wildman–Crippen LogP) is 1.94. The van der Waals surface area contributed by atoms with Crippen LogP contribution in [0.4, 0.5) is 5.69 Å². The van der Waals surface area contributed by atoms with Crippen LogP contribution in [-0.2, 0) is 21.4 Å². The lowest BCUT2D eigenvalue weighted by Gasteiger charge is -2.17. The van der Waals surface area contributed by atoms with E-state index in [9.17, 15) is 19.2 Å². The number of amides is 3. The SMILES string of the molecule is Cc1c(NC(=O)CN2C(=O)[C@H]3CC=C(Cl)C[C@H]3C2=O)c(=O)n(-c2ccccc2)n1C. The van der Waals surface area contributed by atoms with E-state index in [0.29, 0.717) is 29.3 Å². The molecule has 2 aliphatic rings. The van der Waals surface area contributed by atoms with Crippen LogP contribution >= 0.6 is 11.6 Å². The molecule has 0 spiro atoms. The molecule has 0 radical (unpaired) electrons. The van der Waals surface area contributed by atoms with Crippen LogP contribution < -0.4 is 10.9 Å². The highest BCUT2D eigenvalue weighted by molar-refractivity contribution is 6.30. The van der Waals surface area contributed by atoms with E-state index >= 15 is 0 Å². The quantitative estimate of drug-likeness (QED) is 0.753. The van der Waals surface area contributed by atoms with Crippen molar-refractivity contribution in [3.63, 3.8) is 0 Å². The van der Waals surface area contributed by atoms with Gasteiger partial charge in [0.05, 0.1) is 23.2 Å². The van der Waals surface area contributed by atoms with Gasteiger partial charge in [-0.25, -0.2) is 4.68 Å². The molecule has 1 N–H and O–H groups in total. The number of allylic oxidation sites excluding steroid dienone is 2. The predicted molar refractivity (Wildman–Crippen MR) is 111 cm³/mol. The number of hydrogen-bond donors (Lipinski definition) is 1. The highest BCUT2D eigenvalue weighted by Gasteiger charge is 2.48. The maximum absolute atomic E-state index is 12.9. The molecule has 0 saturated carbocycles. The van der Waals surface area contributed by atoms with Gasteiger partial charge >= 0.3 is 0 Å². The first-order chi connectivity index (χ1) is 14.3. The maximum atomic E-state index is 12.9. The number of fused-ring (bicyclic) bond motifs is 1. The third-order valence-corrected chi connectivity index (χ3v) is 6.09. The van der Waals surface area contributed by atoms with Crippen molar-refractivity contribution in [2.24, 2.45) is 18.9 Å². The molecule has 0 unspecified atom stereocenters. The molecule has 4 rings (SSSR count). The molecule has 3 amide bonds. The van der Waals surface area contributed by atoms with E-state index in [0.717, 1.165) is 4.90 Å². The number of para-hydroxylation sites is 1. The lowest BCUT2D eigenvalue weighted by molar-refractivity contribution is -0.142. The van der Waals surface area contributed by atoms with Crippen LogP contribution in [-0.4, -0.2) is 38.5 Å². The Hall–Kier alpha value is -3.13. The fraction of sp³-hybridized carbons (Fsp3) is 0.333. The standard InChI is InChI=1S/C21H21ClN4O4/c1-12-18(21(30)26(24(12)2)14-6-4-3-5-7-14)23-17(27)11-25-19(28)15-9-8-13(22)10-16(15)20(25)29/h3-8,15-16H,9-11H2,1-2H3,(H,23,27)/t15-,16+/m0/s1. The van der Waals surface area contributed by atoms with E-state index in [1.165, 1.54) is 4.68 Å². The number of aromatic nitrogens is 2. The number of carbonyl (C=O) groups excluding carboxylic acids is 3. The van der Waals surface area contributed by atoms with Crippen molar-refractivity contribution in [2.75, 3.05) is 11.9 Å². The van der Waals surface area contributed by atoms with Crippen molar-refractivity contribution in [2.45, 2.75) is 19.8 Å². The number of nitrogens with one attached hydrogen (secondary N) is 1. The molecule has 30 heavy (non-hydrogen) atoms. The lowest BCUT2D eigenvalue weighted by atomic mass is 9.85. The zero-order valence-corrected chi connectivity index (χ0v) is 17.3. The summed E-state index contributed by atoms with van der Waals surface area (Å²) in [4.78, 5) is 51.8. The average molecular weight is 429 g/mol. The molecule has 1 aliphatic heterocycles. The number of imide groups is 1. The second-order valence-corrected chi connectivity index (χ2v) is 8.04. The van der Waals surface area contributed by atoms with Crippen LogP contribution in [0.1, 0.15) is 18.5 Å². The van der Waals surface area contributed by atoms with Gasteiger partial charge < -0.3 is 5.32 Å². The normalized spacial score (nSPS) is 20.9. The molecule has 1 aromatic heterocycles. The van der Waals surface area contributed by atoms with E-state index in [2.05, 4.69) is 5.32 Å². The molecule has 2 atom stereocenters. The number of halogens is 1. The largest absolute Gasteiger partial charge is 0.318 e. The monoisotopic (exact) mass is 428 g/mol. The molecule has 1 aromatic carbocycles. The maximum Gasteiger partial charge on any atom is 0.295 e. The van der Waals surface area contributed by atoms with Gasteiger partial charge in [0.1, 0.15) is 12.2 Å². The molecule has 156 valence electrons. The van der Waals surface area contributed by atoms with Crippen LogP contribution in [0.5, 0.6) is 0 Å². The Kier molecular flexibility index (Phi) is 5.11. The number of benzene rings is 1. The highest BCUT2D eigenvalue weighted by atomic mass is 35.5. The van der Waals surface area contributed by atoms with Crippen LogP contribution in [0, 0.1) is 18.8 Å². The van der Waals surface area contributed by atoms with Gasteiger partial charge in [-0.3, -0.25) is 28.8 Å². The molecule has 2 heterocycles. The Morgan fingerprint density at radius 2 is 1.80 bits per heavy atom. The first-order valence-corrected chi connectivity index (χ1v) is 10.0. The van der Waals surface area contributed by atoms with Crippen molar-refractivity contribution in [3.05, 3.63) is 57.5 Å². The van der Waals surface area contributed by atoms with Crippen molar-refractivity contribution in [3.8, 4) is 5.69 Å². The van der Waals surface area contributed by atoms with E-state index < -0.39 is 35.8 Å². The van der Waals surface area contributed by atoms with Gasteiger partial charge in [-0.05, 0) is 31.9 Å². The fourth-order valence-corrected chi connectivity index (χ4v) is 4.34. The summed E-state index contributed by atoms with van der Waals surface area (Å²) in [5.74, 6) is -2.34. The Morgan fingerprint density at radius 3 is 2.50 bits per heavy atom. The zero-order chi connectivity index (χ0) is 21.6. The molecule has 1 saturated heterocycles. The number of likely N-dealkylation sites (tertiary alicyclic amines) is 1. The minimum atomic E-state index is -0.597. The van der Waals surface area contributed by atoms with Crippen molar-refractivity contribution < 1.29 is 14.4 Å². The van der Waals surface area contributed by atoms with Crippen LogP contribution in [0.25, 0.3) is 5.69 Å². The smallest absolute Gasteiger partial charge is 0.295 e. The van der Waals surface area contributed by atoms with E-state index in [-0.39, 0.29) is 11.6 Å². The number of rotatable bonds is 4. The summed E-state index contributed by atoms with van der Waals surface area (Å²) in [6.45, 7) is 1.28. The molecule has 8 nitrogen and oxygen atoms in total. The van der Waals surface area contributed by atoms with Crippen LogP contribution in [0.3, 0.4) is 0 Å². The Balaban J connectivity index is 1.54. The summed E-state index contributed by atoms with van der Waals surface area (Å²) in [6.07, 6.45) is 2.46. The molecule has 9 heteroatoms. The summed E-state index contributed by atoms with van der Waals surface area (Å²) < 4.78 is 3.08. The molecule has 1 aliphatic carbocycles. The molecular weight excluding hydrogens is 408 g/mol. The third-order valence-electron chi connectivity index (χ3n) is 5.78. The number of hydrogen-bond acceptors (Lipinski definition) is 4. The lowest BCUT2D eigenvalue weighted by Crippen LogP contribution is -2.39. The third kappa shape index (κ3) is 3.27. The molecular formula is C21H21ClN4O4. The van der Waals surface area contributed by atoms with E-state index in [4.69, 9.17) is 11.6 Å². The van der Waals surface area contributed by atoms with Crippen molar-refractivity contribution in [1.29, 1.82) is 0 Å². The zero-order valence-electron chi connectivity index (χ0n) is 16.6. The minimum Gasteiger partial charge on any atom is -0.318 e. The topological polar surface area (TPSA) is 93.4 Å². The van der Waals surface area contributed by atoms with Gasteiger partial charge in [-0.1, -0.05) is 35.9 Å². The van der Waals surface area contributed by atoms with Crippen LogP contribution in [0.15, 0.2) is 46.2 Å². The fourth-order valence-electron chi connectivity index (χ4n) is 4.09. The van der Waals surface area contributed by atoms with Crippen molar-refractivity contribution >= 4 is 35.0 Å². The van der Waals surface area contributed by atoms with Gasteiger partial charge in [0.2, 0.25) is 17.7 Å². The Labute approximate surface area is 177 Å². The number of nitrogens with zero attached hydrogens (tertiary/aromatic N) is 3. The van der Waals surface area contributed by atoms with E-state index in [1.807, 2.05) is 18.2 Å². The van der Waals surface area contributed by atoms with E-state index in [1.54, 1.807) is 36.9 Å². The van der Waals surface area contributed by atoms with Crippen molar-refractivity contribution in [1.82, 2.24) is 14.3 Å². The van der Waals surface area contributed by atoms with Gasteiger partial charge in [-0.2, -0.15) is 0 Å². The first kappa shape index (κ1) is 20.2. The Bertz CT molecular complexity index is 1130. The molecule has 0 bridgehead atoms. The second kappa shape index (κ2) is 7.60. The summed E-state index contributed by atoms with van der Waals surface area (Å²) >= 11 is 6.02. The minimum absolute atomic E-state index is 0.118. The number of anilines is 1. The van der Waals surface area contributed by atoms with Gasteiger partial charge in [0.15, 0.2) is 0 Å².